The topological polar surface area (TPSA) is 46.6 Å². The van der Waals surface area contributed by atoms with Gasteiger partial charge in [-0.05, 0) is 31.4 Å². The smallest absolute Gasteiger partial charge is 0.328 e. The van der Waals surface area contributed by atoms with Crippen LogP contribution in [0.4, 0.5) is 0 Å². The van der Waals surface area contributed by atoms with Crippen molar-refractivity contribution in [2.24, 2.45) is 5.41 Å². The van der Waals surface area contributed by atoms with Gasteiger partial charge in [0.25, 0.3) is 0 Å². The largest absolute Gasteiger partial charge is 0.426 e. The standard InChI is InChI=1S/C21H29NO3/c1-2-3-10-15-21(20(24)25-18-13-8-5-9-14-18)16-22(19(21)23)17-11-6-4-7-12-17/h5,8-9,13-14,17H,2-4,6-7,10-12,15-16H2,1H3. The molecular formula is C21H29NO3. The van der Waals surface area contributed by atoms with Crippen LogP contribution in [0.3, 0.4) is 0 Å². The second-order valence-corrected chi connectivity index (χ2v) is 7.47. The third kappa shape index (κ3) is 3.73. The Morgan fingerprint density at radius 3 is 2.52 bits per heavy atom. The van der Waals surface area contributed by atoms with E-state index in [2.05, 4.69) is 6.92 Å². The van der Waals surface area contributed by atoms with Crippen LogP contribution in [-0.4, -0.2) is 29.4 Å². The first-order valence-electron chi connectivity index (χ1n) is 9.76. The number of para-hydroxylation sites is 1. The molecule has 1 saturated carbocycles. The van der Waals surface area contributed by atoms with Gasteiger partial charge in [-0.2, -0.15) is 0 Å². The average molecular weight is 343 g/mol. The van der Waals surface area contributed by atoms with E-state index in [1.165, 1.54) is 19.3 Å². The van der Waals surface area contributed by atoms with Gasteiger partial charge in [0.05, 0.1) is 0 Å². The highest BCUT2D eigenvalue weighted by Crippen LogP contribution is 2.42. The fourth-order valence-corrected chi connectivity index (χ4v) is 4.11. The van der Waals surface area contributed by atoms with Crippen LogP contribution in [0.25, 0.3) is 0 Å². The van der Waals surface area contributed by atoms with Gasteiger partial charge in [-0.25, -0.2) is 0 Å². The summed E-state index contributed by atoms with van der Waals surface area (Å²) in [6.07, 6.45) is 9.39. The monoisotopic (exact) mass is 343 g/mol. The van der Waals surface area contributed by atoms with E-state index >= 15 is 0 Å². The molecule has 0 radical (unpaired) electrons. The third-order valence-corrected chi connectivity index (χ3v) is 5.68. The molecule has 1 aromatic rings. The summed E-state index contributed by atoms with van der Waals surface area (Å²) in [6, 6.07) is 9.41. The van der Waals surface area contributed by atoms with Crippen molar-refractivity contribution in [2.75, 3.05) is 6.54 Å². The number of carbonyl (C=O) groups excluding carboxylic acids is 2. The van der Waals surface area contributed by atoms with Gasteiger partial charge in [-0.3, -0.25) is 9.59 Å². The maximum absolute atomic E-state index is 13.0. The van der Waals surface area contributed by atoms with Crippen LogP contribution < -0.4 is 4.74 Å². The Labute approximate surface area is 150 Å². The van der Waals surface area contributed by atoms with E-state index in [4.69, 9.17) is 4.74 Å². The number of hydrogen-bond acceptors (Lipinski definition) is 3. The Hall–Kier alpha value is -1.84. The number of esters is 1. The lowest BCUT2D eigenvalue weighted by molar-refractivity contribution is -0.179. The highest BCUT2D eigenvalue weighted by atomic mass is 16.5. The zero-order chi connectivity index (χ0) is 17.7. The quantitative estimate of drug-likeness (QED) is 0.243. The first-order chi connectivity index (χ1) is 12.2. The van der Waals surface area contributed by atoms with Gasteiger partial charge in [0, 0.05) is 12.6 Å². The number of β-lactam (4-membered cyclic amide) rings is 1. The summed E-state index contributed by atoms with van der Waals surface area (Å²) in [7, 11) is 0. The van der Waals surface area contributed by atoms with Crippen molar-refractivity contribution < 1.29 is 14.3 Å². The molecule has 2 fully saturated rings. The Morgan fingerprint density at radius 1 is 1.16 bits per heavy atom. The van der Waals surface area contributed by atoms with Crippen LogP contribution in [0, 0.1) is 5.41 Å². The van der Waals surface area contributed by atoms with Crippen LogP contribution in [0.15, 0.2) is 30.3 Å². The molecule has 1 heterocycles. The molecule has 1 aromatic carbocycles. The summed E-state index contributed by atoms with van der Waals surface area (Å²) in [5.41, 5.74) is -0.956. The van der Waals surface area contributed by atoms with E-state index in [-0.39, 0.29) is 11.9 Å². The van der Waals surface area contributed by atoms with Crippen molar-refractivity contribution >= 4 is 11.9 Å². The van der Waals surface area contributed by atoms with Gasteiger partial charge in [0.15, 0.2) is 5.41 Å². The highest BCUT2D eigenvalue weighted by molar-refractivity contribution is 6.08. The van der Waals surface area contributed by atoms with Crippen LogP contribution >= 0.6 is 0 Å². The lowest BCUT2D eigenvalue weighted by Gasteiger charge is -2.51. The van der Waals surface area contributed by atoms with Crippen molar-refractivity contribution in [3.63, 3.8) is 0 Å². The summed E-state index contributed by atoms with van der Waals surface area (Å²) in [6.45, 7) is 2.66. The predicted molar refractivity (Wildman–Crippen MR) is 97.2 cm³/mol. The van der Waals surface area contributed by atoms with Gasteiger partial charge < -0.3 is 9.64 Å². The average Bonchev–Trinajstić information content (AvgIpc) is 2.65. The summed E-state index contributed by atoms with van der Waals surface area (Å²) >= 11 is 0. The molecule has 0 N–H and O–H groups in total. The number of nitrogens with zero attached hydrogens (tertiary/aromatic N) is 1. The van der Waals surface area contributed by atoms with Crippen molar-refractivity contribution in [1.82, 2.24) is 4.90 Å². The van der Waals surface area contributed by atoms with Gasteiger partial charge in [-0.15, -0.1) is 0 Å². The fraction of sp³-hybridized carbons (Fsp3) is 0.619. The van der Waals surface area contributed by atoms with E-state index in [1.54, 1.807) is 12.1 Å². The molecule has 4 nitrogen and oxygen atoms in total. The molecule has 1 unspecified atom stereocenters. The minimum Gasteiger partial charge on any atom is -0.426 e. The predicted octanol–water partition coefficient (Wildman–Crippen LogP) is 4.33. The Kier molecular flexibility index (Phi) is 5.77. The van der Waals surface area contributed by atoms with Gasteiger partial charge >= 0.3 is 5.97 Å². The van der Waals surface area contributed by atoms with E-state index in [0.29, 0.717) is 24.8 Å². The normalized spacial score (nSPS) is 24.0. The van der Waals surface area contributed by atoms with Crippen molar-refractivity contribution in [3.05, 3.63) is 30.3 Å². The number of ether oxygens (including phenoxy) is 1. The van der Waals surface area contributed by atoms with Crippen molar-refractivity contribution in [1.29, 1.82) is 0 Å². The summed E-state index contributed by atoms with van der Waals surface area (Å²) in [5, 5.41) is 0. The molecular weight excluding hydrogens is 314 g/mol. The first kappa shape index (κ1) is 18.0. The SMILES string of the molecule is CCCCCC1(C(=O)Oc2ccccc2)CN(C2CCCCC2)C1=O. The van der Waals surface area contributed by atoms with Crippen molar-refractivity contribution in [3.8, 4) is 5.75 Å². The van der Waals surface area contributed by atoms with Gasteiger partial charge in [-0.1, -0.05) is 63.6 Å². The van der Waals surface area contributed by atoms with E-state index in [0.717, 1.165) is 32.1 Å². The summed E-state index contributed by atoms with van der Waals surface area (Å²) in [5.74, 6) is 0.148. The number of amides is 1. The fourth-order valence-electron chi connectivity index (χ4n) is 4.11. The zero-order valence-corrected chi connectivity index (χ0v) is 15.2. The molecule has 2 aliphatic rings. The third-order valence-electron chi connectivity index (χ3n) is 5.68. The molecule has 3 rings (SSSR count). The molecule has 0 spiro atoms. The van der Waals surface area contributed by atoms with Gasteiger partial charge in [0.2, 0.25) is 5.91 Å². The summed E-state index contributed by atoms with van der Waals surface area (Å²) < 4.78 is 5.57. The van der Waals surface area contributed by atoms with Crippen LogP contribution in [-0.2, 0) is 9.59 Å². The highest BCUT2D eigenvalue weighted by Gasteiger charge is 2.59. The second-order valence-electron chi connectivity index (χ2n) is 7.47. The molecule has 1 atom stereocenters. The zero-order valence-electron chi connectivity index (χ0n) is 15.2. The Bertz CT molecular complexity index is 594. The maximum Gasteiger partial charge on any atom is 0.328 e. The second kappa shape index (κ2) is 8.03. The minimum absolute atomic E-state index is 0.00330. The molecule has 1 aliphatic carbocycles. The number of hydrogen-bond donors (Lipinski definition) is 0. The van der Waals surface area contributed by atoms with Crippen LogP contribution in [0.5, 0.6) is 5.75 Å². The van der Waals surface area contributed by atoms with Gasteiger partial charge in [0.1, 0.15) is 5.75 Å². The van der Waals surface area contributed by atoms with Crippen LogP contribution in [0.1, 0.15) is 64.7 Å². The maximum atomic E-state index is 13.0. The molecule has 0 aromatic heterocycles. The van der Waals surface area contributed by atoms with E-state index in [1.807, 2.05) is 23.1 Å². The molecule has 136 valence electrons. The minimum atomic E-state index is -0.956. The Balaban J connectivity index is 1.70. The molecule has 4 heteroatoms. The van der Waals surface area contributed by atoms with E-state index < -0.39 is 5.41 Å². The lowest BCUT2D eigenvalue weighted by atomic mass is 9.72. The number of benzene rings is 1. The van der Waals surface area contributed by atoms with Crippen LogP contribution in [0.2, 0.25) is 0 Å². The number of rotatable bonds is 7. The summed E-state index contributed by atoms with van der Waals surface area (Å²) in [4.78, 5) is 27.9. The molecule has 1 amide bonds. The van der Waals surface area contributed by atoms with E-state index in [9.17, 15) is 9.59 Å². The van der Waals surface area contributed by atoms with Crippen molar-refractivity contribution in [2.45, 2.75) is 70.8 Å². The number of carbonyl (C=O) groups is 2. The molecule has 0 bridgehead atoms. The number of likely N-dealkylation sites (tertiary alicyclic amines) is 1. The number of unbranched alkanes of at least 4 members (excludes halogenated alkanes) is 2. The molecule has 25 heavy (non-hydrogen) atoms. The molecule has 1 saturated heterocycles. The Morgan fingerprint density at radius 2 is 1.88 bits per heavy atom. The first-order valence-corrected chi connectivity index (χ1v) is 9.76. The molecule has 1 aliphatic heterocycles. The lowest BCUT2D eigenvalue weighted by Crippen LogP contribution is -2.68.